The second kappa shape index (κ2) is 7.44. The van der Waals surface area contributed by atoms with Crippen molar-refractivity contribution in [3.05, 3.63) is 93.5 Å². The average Bonchev–Trinajstić information content (AvgIpc) is 2.75. The van der Waals surface area contributed by atoms with E-state index >= 15 is 0 Å². The first-order valence-electron chi connectivity index (χ1n) is 8.79. The van der Waals surface area contributed by atoms with Crippen LogP contribution in [0.2, 0.25) is 0 Å². The van der Waals surface area contributed by atoms with Crippen LogP contribution in [0.4, 0.5) is 0 Å². The predicted octanol–water partition coefficient (Wildman–Crippen LogP) is 3.27. The van der Waals surface area contributed by atoms with Gasteiger partial charge in [0.2, 0.25) is 0 Å². The zero-order chi connectivity index (χ0) is 19.7. The van der Waals surface area contributed by atoms with E-state index in [1.807, 2.05) is 49.6 Å². The average molecular weight is 390 g/mol. The van der Waals surface area contributed by atoms with Crippen molar-refractivity contribution in [2.45, 2.75) is 17.9 Å². The Morgan fingerprint density at radius 3 is 2.46 bits per heavy atom. The lowest BCUT2D eigenvalue weighted by Crippen LogP contribution is -2.41. The molecule has 0 N–H and O–H groups in total. The fourth-order valence-corrected chi connectivity index (χ4v) is 3.90. The highest BCUT2D eigenvalue weighted by Crippen LogP contribution is 2.24. The van der Waals surface area contributed by atoms with E-state index in [0.29, 0.717) is 16.7 Å². The van der Waals surface area contributed by atoms with Crippen molar-refractivity contribution >= 4 is 22.8 Å². The number of thioether (sulfide) groups is 1. The van der Waals surface area contributed by atoms with Gasteiger partial charge >= 0.3 is 5.69 Å². The standard InChI is InChI=1S/C21H18N4O2S/c1-14(15-9-12-22-13-10-15)24-20(26)16-6-5-11-23-19(16)25(21(24)27)17-7-3-4-8-18(17)28-2/h3-14H,1-2H3. The number of fused-ring (bicyclic) bond motifs is 1. The van der Waals surface area contributed by atoms with Gasteiger partial charge in [-0.3, -0.25) is 14.3 Å². The summed E-state index contributed by atoms with van der Waals surface area (Å²) >= 11 is 1.54. The SMILES string of the molecule is CSc1ccccc1-n1c(=O)n(C(C)c2ccncc2)c(=O)c2cccnc21. The van der Waals surface area contributed by atoms with Gasteiger partial charge in [-0.25, -0.2) is 14.3 Å². The van der Waals surface area contributed by atoms with E-state index in [1.54, 1.807) is 30.7 Å². The second-order valence-electron chi connectivity index (χ2n) is 6.30. The van der Waals surface area contributed by atoms with E-state index in [-0.39, 0.29) is 5.56 Å². The minimum atomic E-state index is -0.444. The van der Waals surface area contributed by atoms with Gasteiger partial charge in [0.15, 0.2) is 5.65 Å². The number of rotatable bonds is 4. The summed E-state index contributed by atoms with van der Waals surface area (Å²) in [6.07, 6.45) is 6.85. The number of pyridine rings is 2. The summed E-state index contributed by atoms with van der Waals surface area (Å²) < 4.78 is 2.82. The maximum absolute atomic E-state index is 13.5. The monoisotopic (exact) mass is 390 g/mol. The number of benzene rings is 1. The largest absolute Gasteiger partial charge is 0.337 e. The van der Waals surface area contributed by atoms with E-state index in [9.17, 15) is 9.59 Å². The highest BCUT2D eigenvalue weighted by Gasteiger charge is 2.21. The van der Waals surface area contributed by atoms with Crippen LogP contribution in [-0.2, 0) is 0 Å². The highest BCUT2D eigenvalue weighted by molar-refractivity contribution is 7.98. The van der Waals surface area contributed by atoms with Gasteiger partial charge in [0, 0.05) is 23.5 Å². The maximum Gasteiger partial charge on any atom is 0.337 e. The minimum Gasteiger partial charge on any atom is -0.268 e. The van der Waals surface area contributed by atoms with Crippen molar-refractivity contribution in [2.75, 3.05) is 6.26 Å². The number of hydrogen-bond acceptors (Lipinski definition) is 5. The van der Waals surface area contributed by atoms with Gasteiger partial charge in [0.05, 0.1) is 17.1 Å². The van der Waals surface area contributed by atoms with Gasteiger partial charge in [0.1, 0.15) is 0 Å². The van der Waals surface area contributed by atoms with E-state index in [1.165, 1.54) is 20.9 Å². The lowest BCUT2D eigenvalue weighted by atomic mass is 10.1. The highest BCUT2D eigenvalue weighted by atomic mass is 32.2. The Bertz CT molecular complexity index is 1260. The third-order valence-electron chi connectivity index (χ3n) is 4.75. The topological polar surface area (TPSA) is 69.8 Å². The third-order valence-corrected chi connectivity index (χ3v) is 5.53. The molecule has 0 aliphatic heterocycles. The molecule has 0 radical (unpaired) electrons. The number of aromatic nitrogens is 4. The summed E-state index contributed by atoms with van der Waals surface area (Å²) in [6.45, 7) is 1.84. The first kappa shape index (κ1) is 18.2. The Labute approximate surface area is 165 Å². The van der Waals surface area contributed by atoms with Gasteiger partial charge < -0.3 is 0 Å². The van der Waals surface area contributed by atoms with Crippen LogP contribution in [0.15, 0.2) is 81.6 Å². The summed E-state index contributed by atoms with van der Waals surface area (Å²) in [5, 5.41) is 0.402. The van der Waals surface area contributed by atoms with Crippen LogP contribution in [-0.4, -0.2) is 25.4 Å². The first-order chi connectivity index (χ1) is 13.6. The fraction of sp³-hybridized carbons (Fsp3) is 0.143. The van der Waals surface area contributed by atoms with Crippen LogP contribution in [0.3, 0.4) is 0 Å². The molecular formula is C21H18N4O2S. The third kappa shape index (κ3) is 2.93. The molecule has 1 aromatic carbocycles. The molecule has 0 aliphatic rings. The Kier molecular flexibility index (Phi) is 4.83. The molecule has 0 amide bonds. The molecule has 3 aromatic heterocycles. The molecular weight excluding hydrogens is 372 g/mol. The Morgan fingerprint density at radius 2 is 1.71 bits per heavy atom. The van der Waals surface area contributed by atoms with Crippen LogP contribution in [0.5, 0.6) is 0 Å². The summed E-state index contributed by atoms with van der Waals surface area (Å²) in [5.74, 6) is 0. The van der Waals surface area contributed by atoms with Gasteiger partial charge in [-0.05, 0) is 55.1 Å². The molecule has 6 nitrogen and oxygen atoms in total. The maximum atomic E-state index is 13.5. The lowest BCUT2D eigenvalue weighted by Gasteiger charge is -2.19. The zero-order valence-electron chi connectivity index (χ0n) is 15.4. The van der Waals surface area contributed by atoms with E-state index < -0.39 is 11.7 Å². The summed E-state index contributed by atoms with van der Waals surface area (Å²) in [4.78, 5) is 36.0. The summed E-state index contributed by atoms with van der Waals surface area (Å²) in [5.41, 5.74) is 1.14. The molecule has 1 atom stereocenters. The molecule has 0 saturated carbocycles. The van der Waals surface area contributed by atoms with Crippen LogP contribution in [0, 0.1) is 0 Å². The van der Waals surface area contributed by atoms with Crippen LogP contribution in [0.25, 0.3) is 16.7 Å². The molecule has 4 aromatic rings. The van der Waals surface area contributed by atoms with Crippen molar-refractivity contribution in [1.82, 2.24) is 19.1 Å². The number of nitrogens with zero attached hydrogens (tertiary/aromatic N) is 4. The molecule has 28 heavy (non-hydrogen) atoms. The molecule has 4 rings (SSSR count). The van der Waals surface area contributed by atoms with Gasteiger partial charge in [-0.15, -0.1) is 11.8 Å². The number of hydrogen-bond donors (Lipinski definition) is 0. The molecule has 0 bridgehead atoms. The molecule has 0 fully saturated rings. The van der Waals surface area contributed by atoms with Crippen LogP contribution >= 0.6 is 11.8 Å². The normalized spacial score (nSPS) is 12.2. The fourth-order valence-electron chi connectivity index (χ4n) is 3.32. The van der Waals surface area contributed by atoms with E-state index in [2.05, 4.69) is 9.97 Å². The zero-order valence-corrected chi connectivity index (χ0v) is 16.3. The van der Waals surface area contributed by atoms with E-state index in [4.69, 9.17) is 0 Å². The quantitative estimate of drug-likeness (QED) is 0.500. The van der Waals surface area contributed by atoms with Crippen molar-refractivity contribution in [2.24, 2.45) is 0 Å². The van der Waals surface area contributed by atoms with Crippen LogP contribution in [0.1, 0.15) is 18.5 Å². The Morgan fingerprint density at radius 1 is 0.964 bits per heavy atom. The lowest BCUT2D eigenvalue weighted by molar-refractivity contribution is 0.570. The van der Waals surface area contributed by atoms with Crippen LogP contribution < -0.4 is 11.2 Å². The van der Waals surface area contributed by atoms with Crippen molar-refractivity contribution in [3.63, 3.8) is 0 Å². The predicted molar refractivity (Wildman–Crippen MR) is 111 cm³/mol. The smallest absolute Gasteiger partial charge is 0.268 e. The van der Waals surface area contributed by atoms with Crippen molar-refractivity contribution in [3.8, 4) is 5.69 Å². The first-order valence-corrected chi connectivity index (χ1v) is 10.0. The molecule has 140 valence electrons. The molecule has 3 heterocycles. The van der Waals surface area contributed by atoms with Gasteiger partial charge in [-0.2, -0.15) is 0 Å². The van der Waals surface area contributed by atoms with Crippen molar-refractivity contribution < 1.29 is 0 Å². The van der Waals surface area contributed by atoms with Crippen molar-refractivity contribution in [1.29, 1.82) is 0 Å². The number of para-hydroxylation sites is 1. The van der Waals surface area contributed by atoms with E-state index in [0.717, 1.165) is 10.5 Å². The summed E-state index contributed by atoms with van der Waals surface area (Å²) in [7, 11) is 0. The molecule has 7 heteroatoms. The summed E-state index contributed by atoms with van der Waals surface area (Å²) in [6, 6.07) is 14.2. The Balaban J connectivity index is 2.11. The molecule has 0 saturated heterocycles. The second-order valence-corrected chi connectivity index (χ2v) is 7.14. The Hall–Kier alpha value is -3.19. The molecule has 0 aliphatic carbocycles. The van der Waals surface area contributed by atoms with Gasteiger partial charge in [-0.1, -0.05) is 12.1 Å². The van der Waals surface area contributed by atoms with Gasteiger partial charge in [0.25, 0.3) is 5.56 Å². The molecule has 0 spiro atoms. The minimum absolute atomic E-state index is 0.352. The molecule has 1 unspecified atom stereocenters.